The molecule has 1 aromatic carbocycles. The van der Waals surface area contributed by atoms with E-state index < -0.39 is 12.1 Å². The molecule has 0 aliphatic heterocycles. The Kier molecular flexibility index (Phi) is 5.55. The number of fused-ring (bicyclic) bond motifs is 2. The summed E-state index contributed by atoms with van der Waals surface area (Å²) >= 11 is 0. The van der Waals surface area contributed by atoms with Crippen molar-refractivity contribution in [2.24, 2.45) is 5.92 Å². The highest BCUT2D eigenvalue weighted by molar-refractivity contribution is 6.05. The van der Waals surface area contributed by atoms with Crippen LogP contribution >= 0.6 is 0 Å². The number of aromatic nitrogens is 1. The molecule has 2 aromatic rings. The van der Waals surface area contributed by atoms with Crippen molar-refractivity contribution in [2.75, 3.05) is 6.54 Å². The van der Waals surface area contributed by atoms with E-state index in [1.54, 1.807) is 6.92 Å². The molecule has 5 heteroatoms. The number of benzene rings is 1. The third kappa shape index (κ3) is 3.71. The van der Waals surface area contributed by atoms with Gasteiger partial charge in [-0.05, 0) is 50.2 Å². The number of carbonyl (C=O) groups is 2. The van der Waals surface area contributed by atoms with Crippen LogP contribution in [0.5, 0.6) is 0 Å². The van der Waals surface area contributed by atoms with E-state index in [2.05, 4.69) is 12.2 Å². The van der Waals surface area contributed by atoms with E-state index in [-0.39, 0.29) is 5.91 Å². The second-order valence-corrected chi connectivity index (χ2v) is 7.12. The predicted molar refractivity (Wildman–Crippen MR) is 101 cm³/mol. The molecule has 2 atom stereocenters. The van der Waals surface area contributed by atoms with E-state index in [1.807, 2.05) is 31.2 Å². The zero-order valence-corrected chi connectivity index (χ0v) is 15.7. The van der Waals surface area contributed by atoms with Crippen LogP contribution in [0.2, 0.25) is 0 Å². The average molecular weight is 354 g/mol. The Bertz CT molecular complexity index is 831. The summed E-state index contributed by atoms with van der Waals surface area (Å²) in [5.74, 6) is -0.198. The Hall–Kier alpha value is -2.43. The third-order valence-electron chi connectivity index (χ3n) is 4.91. The Morgan fingerprint density at radius 1 is 1.35 bits per heavy atom. The van der Waals surface area contributed by atoms with Crippen LogP contribution < -0.4 is 5.32 Å². The monoisotopic (exact) mass is 354 g/mol. The summed E-state index contributed by atoms with van der Waals surface area (Å²) in [5, 5.41) is 3.56. The van der Waals surface area contributed by atoms with Gasteiger partial charge >= 0.3 is 5.97 Å². The van der Waals surface area contributed by atoms with E-state index in [0.29, 0.717) is 18.0 Å². The van der Waals surface area contributed by atoms with Crippen LogP contribution in [0.3, 0.4) is 0 Å². The van der Waals surface area contributed by atoms with Crippen LogP contribution in [0.1, 0.15) is 55.2 Å². The number of esters is 1. The van der Waals surface area contributed by atoms with Gasteiger partial charge in [0.25, 0.3) is 5.91 Å². The summed E-state index contributed by atoms with van der Waals surface area (Å²) in [5.41, 5.74) is 3.34. The molecule has 0 spiro atoms. The number of carbonyl (C=O) groups excluding carboxylic acids is 2. The highest BCUT2D eigenvalue weighted by Gasteiger charge is 2.28. The molecule has 26 heavy (non-hydrogen) atoms. The van der Waals surface area contributed by atoms with Crippen LogP contribution in [-0.4, -0.2) is 29.5 Å². The summed E-state index contributed by atoms with van der Waals surface area (Å²) < 4.78 is 5.53. The normalized spacial score (nSPS) is 17.4. The Morgan fingerprint density at radius 2 is 2.12 bits per heavy atom. The van der Waals surface area contributed by atoms with E-state index in [1.165, 1.54) is 0 Å². The largest absolute Gasteiger partial charge is 0.449 e. The molecule has 0 radical (unpaired) electrons. The summed E-state index contributed by atoms with van der Waals surface area (Å²) in [6.45, 7) is 6.36. The number of nitrogens with one attached hydrogen (secondary N) is 1. The molecule has 1 aliphatic rings. The van der Waals surface area contributed by atoms with Gasteiger partial charge in [0, 0.05) is 17.6 Å². The predicted octanol–water partition coefficient (Wildman–Crippen LogP) is 3.43. The van der Waals surface area contributed by atoms with Gasteiger partial charge in [0.05, 0.1) is 11.1 Å². The average Bonchev–Trinajstić information content (AvgIpc) is 2.63. The molecule has 1 amide bonds. The first-order chi connectivity index (χ1) is 12.5. The maximum absolute atomic E-state index is 13.0. The van der Waals surface area contributed by atoms with Crippen molar-refractivity contribution in [1.29, 1.82) is 0 Å². The molecule has 1 aliphatic carbocycles. The number of nitrogens with zero attached hydrogens (tertiary/aromatic N) is 1. The molecule has 0 fully saturated rings. The molecular weight excluding hydrogens is 328 g/mol. The molecule has 1 aromatic heterocycles. The van der Waals surface area contributed by atoms with Crippen molar-refractivity contribution >= 4 is 22.8 Å². The van der Waals surface area contributed by atoms with Gasteiger partial charge in [-0.25, -0.2) is 4.79 Å². The Labute approximate surface area is 154 Å². The van der Waals surface area contributed by atoms with Gasteiger partial charge in [-0.2, -0.15) is 0 Å². The van der Waals surface area contributed by atoms with E-state index >= 15 is 0 Å². The molecule has 5 nitrogen and oxygen atoms in total. The van der Waals surface area contributed by atoms with Crippen molar-refractivity contribution in [3.05, 3.63) is 41.1 Å². The molecule has 138 valence electrons. The van der Waals surface area contributed by atoms with Crippen molar-refractivity contribution in [2.45, 2.75) is 52.6 Å². The van der Waals surface area contributed by atoms with E-state index in [4.69, 9.17) is 9.72 Å². The standard InChI is InChI=1S/C21H26N2O3/c1-4-11-22-20(24)14(3)26-21(25)19-15-7-5-6-8-17(15)23-18-10-9-13(2)12-16(18)19/h5-8,13-14H,4,9-12H2,1-3H3,(H,22,24)/t13-,14+/m0/s1. The van der Waals surface area contributed by atoms with Crippen LogP contribution in [0.25, 0.3) is 10.9 Å². The van der Waals surface area contributed by atoms with Gasteiger partial charge in [0.15, 0.2) is 6.10 Å². The van der Waals surface area contributed by atoms with Gasteiger partial charge in [-0.1, -0.05) is 32.0 Å². The van der Waals surface area contributed by atoms with Crippen molar-refractivity contribution in [3.63, 3.8) is 0 Å². The molecule has 0 saturated heterocycles. The molecule has 0 saturated carbocycles. The number of pyridine rings is 1. The van der Waals surface area contributed by atoms with Crippen LogP contribution in [-0.2, 0) is 22.4 Å². The zero-order valence-electron chi connectivity index (χ0n) is 15.7. The number of hydrogen-bond donors (Lipinski definition) is 1. The molecule has 1 heterocycles. The second kappa shape index (κ2) is 7.85. The van der Waals surface area contributed by atoms with Crippen molar-refractivity contribution in [1.82, 2.24) is 10.3 Å². The summed E-state index contributed by atoms with van der Waals surface area (Å²) in [6, 6.07) is 7.64. The van der Waals surface area contributed by atoms with Crippen LogP contribution in [0.4, 0.5) is 0 Å². The lowest BCUT2D eigenvalue weighted by molar-refractivity contribution is -0.129. The number of aryl methyl sites for hydroxylation is 1. The molecule has 0 bridgehead atoms. The summed E-state index contributed by atoms with van der Waals surface area (Å²) in [4.78, 5) is 29.8. The van der Waals surface area contributed by atoms with Crippen LogP contribution in [0, 0.1) is 5.92 Å². The highest BCUT2D eigenvalue weighted by Crippen LogP contribution is 2.32. The smallest absolute Gasteiger partial charge is 0.339 e. The number of amides is 1. The summed E-state index contributed by atoms with van der Waals surface area (Å²) in [6.07, 6.45) is 2.77. The third-order valence-corrected chi connectivity index (χ3v) is 4.91. The number of hydrogen-bond acceptors (Lipinski definition) is 4. The van der Waals surface area contributed by atoms with Gasteiger partial charge < -0.3 is 10.1 Å². The Balaban J connectivity index is 1.96. The van der Waals surface area contributed by atoms with Gasteiger partial charge in [-0.3, -0.25) is 9.78 Å². The van der Waals surface area contributed by atoms with Gasteiger partial charge in [0.1, 0.15) is 0 Å². The van der Waals surface area contributed by atoms with Gasteiger partial charge in [-0.15, -0.1) is 0 Å². The van der Waals surface area contributed by atoms with E-state index in [0.717, 1.165) is 47.8 Å². The number of ether oxygens (including phenoxy) is 1. The number of para-hydroxylation sites is 1. The topological polar surface area (TPSA) is 68.3 Å². The first-order valence-electron chi connectivity index (χ1n) is 9.40. The maximum Gasteiger partial charge on any atom is 0.339 e. The highest BCUT2D eigenvalue weighted by atomic mass is 16.5. The van der Waals surface area contributed by atoms with Crippen molar-refractivity contribution < 1.29 is 14.3 Å². The minimum Gasteiger partial charge on any atom is -0.449 e. The zero-order chi connectivity index (χ0) is 18.7. The lowest BCUT2D eigenvalue weighted by Crippen LogP contribution is -2.36. The van der Waals surface area contributed by atoms with Crippen molar-refractivity contribution in [3.8, 4) is 0 Å². The quantitative estimate of drug-likeness (QED) is 0.835. The molecule has 1 N–H and O–H groups in total. The lowest BCUT2D eigenvalue weighted by atomic mass is 9.84. The minimum absolute atomic E-state index is 0.263. The summed E-state index contributed by atoms with van der Waals surface area (Å²) in [7, 11) is 0. The second-order valence-electron chi connectivity index (χ2n) is 7.12. The molecular formula is C21H26N2O3. The fourth-order valence-electron chi connectivity index (χ4n) is 3.46. The van der Waals surface area contributed by atoms with Crippen LogP contribution in [0.15, 0.2) is 24.3 Å². The van der Waals surface area contributed by atoms with E-state index in [9.17, 15) is 9.59 Å². The fraction of sp³-hybridized carbons (Fsp3) is 0.476. The minimum atomic E-state index is -0.822. The maximum atomic E-state index is 13.0. The first kappa shape index (κ1) is 18.4. The fourth-order valence-corrected chi connectivity index (χ4v) is 3.46. The SMILES string of the molecule is CCCNC(=O)[C@@H](C)OC(=O)c1c2c(nc3ccccc13)CC[C@H](C)C2. The Morgan fingerprint density at radius 3 is 2.88 bits per heavy atom. The van der Waals surface area contributed by atoms with Gasteiger partial charge in [0.2, 0.25) is 0 Å². The molecule has 3 rings (SSSR count). The lowest BCUT2D eigenvalue weighted by Gasteiger charge is -2.24. The molecule has 0 unspecified atom stereocenters. The first-order valence-corrected chi connectivity index (χ1v) is 9.40. The number of rotatable bonds is 5.